The molecule has 0 bridgehead atoms. The molecule has 174 valence electrons. The predicted molar refractivity (Wildman–Crippen MR) is 145 cm³/mol. The fourth-order valence-corrected chi connectivity index (χ4v) is 6.86. The van der Waals surface area contributed by atoms with Crippen LogP contribution in [0.3, 0.4) is 0 Å². The Morgan fingerprint density at radius 3 is 2.88 bits per heavy atom. The number of rotatable bonds is 5. The SMILES string of the molecule is CC(C)(C)[C@@H]1CCc2c(sc(N=Cc3cc(Br)c(O)c(I)c3)c2C(=O)NCc2ccco2)C1. The maximum absolute atomic E-state index is 13.3. The number of aliphatic imine (C=N–C) groups is 1. The molecule has 4 rings (SSSR count). The molecular weight excluding hydrogens is 615 g/mol. The number of hydrogen-bond donors (Lipinski definition) is 2. The molecule has 0 aliphatic heterocycles. The molecule has 1 atom stereocenters. The minimum Gasteiger partial charge on any atom is -0.506 e. The van der Waals surface area contributed by atoms with Gasteiger partial charge in [0.2, 0.25) is 0 Å². The van der Waals surface area contributed by atoms with Crippen molar-refractivity contribution in [2.75, 3.05) is 0 Å². The Bertz CT molecular complexity index is 1170. The van der Waals surface area contributed by atoms with E-state index in [2.05, 4.69) is 64.6 Å². The van der Waals surface area contributed by atoms with Gasteiger partial charge in [-0.1, -0.05) is 20.8 Å². The van der Waals surface area contributed by atoms with E-state index >= 15 is 0 Å². The molecule has 5 nitrogen and oxygen atoms in total. The largest absolute Gasteiger partial charge is 0.506 e. The summed E-state index contributed by atoms with van der Waals surface area (Å²) in [4.78, 5) is 19.3. The van der Waals surface area contributed by atoms with E-state index in [0.717, 1.165) is 39.0 Å². The summed E-state index contributed by atoms with van der Waals surface area (Å²) in [6, 6.07) is 7.35. The summed E-state index contributed by atoms with van der Waals surface area (Å²) in [5, 5.41) is 13.7. The van der Waals surface area contributed by atoms with Gasteiger partial charge >= 0.3 is 0 Å². The van der Waals surface area contributed by atoms with Crippen LogP contribution in [0.5, 0.6) is 5.75 Å². The molecule has 2 heterocycles. The molecule has 1 amide bonds. The number of nitrogens with zero attached hydrogens (tertiary/aromatic N) is 1. The first-order valence-electron chi connectivity index (χ1n) is 10.8. The maximum atomic E-state index is 13.3. The molecule has 1 aliphatic rings. The zero-order valence-corrected chi connectivity index (χ0v) is 23.3. The van der Waals surface area contributed by atoms with Gasteiger partial charge in [-0.2, -0.15) is 0 Å². The van der Waals surface area contributed by atoms with Crippen molar-refractivity contribution in [2.24, 2.45) is 16.3 Å². The Kier molecular flexibility index (Phi) is 7.35. The summed E-state index contributed by atoms with van der Waals surface area (Å²) >= 11 is 7.09. The fraction of sp³-hybridized carbons (Fsp3) is 0.360. The molecule has 0 unspecified atom stereocenters. The van der Waals surface area contributed by atoms with Gasteiger partial charge in [-0.15, -0.1) is 11.3 Å². The van der Waals surface area contributed by atoms with E-state index in [1.165, 1.54) is 4.88 Å². The highest BCUT2D eigenvalue weighted by Crippen LogP contribution is 2.45. The first-order chi connectivity index (χ1) is 15.6. The molecule has 8 heteroatoms. The predicted octanol–water partition coefficient (Wildman–Crippen LogP) is 7.25. The van der Waals surface area contributed by atoms with Crippen molar-refractivity contribution in [3.05, 3.63) is 65.9 Å². The van der Waals surface area contributed by atoms with Gasteiger partial charge in [-0.3, -0.25) is 4.79 Å². The number of aromatic hydroxyl groups is 1. The lowest BCUT2D eigenvalue weighted by Crippen LogP contribution is -2.28. The number of phenolic OH excluding ortho intramolecular Hbond substituents is 1. The Morgan fingerprint density at radius 1 is 1.42 bits per heavy atom. The number of fused-ring (bicyclic) bond motifs is 1. The van der Waals surface area contributed by atoms with Crippen molar-refractivity contribution >= 4 is 67.0 Å². The van der Waals surface area contributed by atoms with Gasteiger partial charge in [0.15, 0.2) is 0 Å². The molecule has 1 aromatic carbocycles. The number of carbonyl (C=O) groups is 1. The van der Waals surface area contributed by atoms with Crippen LogP contribution in [0, 0.1) is 14.9 Å². The van der Waals surface area contributed by atoms with Crippen LogP contribution in [0.1, 0.15) is 59.3 Å². The Labute approximate surface area is 220 Å². The van der Waals surface area contributed by atoms with Crippen LogP contribution in [-0.4, -0.2) is 17.2 Å². The van der Waals surface area contributed by atoms with Gasteiger partial charge < -0.3 is 14.8 Å². The fourth-order valence-electron chi connectivity index (χ4n) is 4.10. The standard InChI is InChI=1S/C25H26BrIN2O3S/c1-25(2,3)15-6-7-17-20(11-15)33-24(21(17)23(31)28-13-16-5-4-8-32-16)29-12-14-9-18(26)22(30)19(27)10-14/h4-5,8-10,12,15,30H,6-7,11,13H2,1-3H3,(H,28,31)/t15-/m1/s1. The zero-order valence-electron chi connectivity index (χ0n) is 18.7. The van der Waals surface area contributed by atoms with Crippen molar-refractivity contribution in [3.8, 4) is 5.75 Å². The van der Waals surface area contributed by atoms with E-state index in [1.54, 1.807) is 23.8 Å². The van der Waals surface area contributed by atoms with Crippen molar-refractivity contribution < 1.29 is 14.3 Å². The summed E-state index contributed by atoms with van der Waals surface area (Å²) in [5.74, 6) is 1.39. The van der Waals surface area contributed by atoms with Gasteiger partial charge in [0, 0.05) is 11.1 Å². The number of carbonyl (C=O) groups excluding carboxylic acids is 1. The molecule has 33 heavy (non-hydrogen) atoms. The molecule has 0 radical (unpaired) electrons. The second kappa shape index (κ2) is 9.92. The van der Waals surface area contributed by atoms with E-state index in [0.29, 0.717) is 28.3 Å². The molecule has 3 aromatic rings. The zero-order chi connectivity index (χ0) is 23.8. The van der Waals surface area contributed by atoms with Crippen LogP contribution in [-0.2, 0) is 19.4 Å². The Morgan fingerprint density at radius 2 is 2.21 bits per heavy atom. The summed E-state index contributed by atoms with van der Waals surface area (Å²) < 4.78 is 6.72. The average molecular weight is 641 g/mol. The van der Waals surface area contributed by atoms with Crippen LogP contribution < -0.4 is 5.32 Å². The Hall–Kier alpha value is -1.65. The molecule has 2 N–H and O–H groups in total. The number of thiophene rings is 1. The van der Waals surface area contributed by atoms with Gasteiger partial charge in [0.1, 0.15) is 16.5 Å². The van der Waals surface area contributed by atoms with Crippen LogP contribution in [0.25, 0.3) is 0 Å². The van der Waals surface area contributed by atoms with Crippen LogP contribution in [0.4, 0.5) is 5.00 Å². The molecule has 0 saturated heterocycles. The van der Waals surface area contributed by atoms with Crippen molar-refractivity contribution in [3.63, 3.8) is 0 Å². The molecule has 2 aromatic heterocycles. The monoisotopic (exact) mass is 640 g/mol. The normalized spacial score (nSPS) is 16.2. The number of benzene rings is 1. The summed E-state index contributed by atoms with van der Waals surface area (Å²) in [7, 11) is 0. The van der Waals surface area contributed by atoms with E-state index < -0.39 is 0 Å². The van der Waals surface area contributed by atoms with Crippen molar-refractivity contribution in [1.82, 2.24) is 5.32 Å². The third-order valence-electron chi connectivity index (χ3n) is 6.07. The van der Waals surface area contributed by atoms with Crippen molar-refractivity contribution in [1.29, 1.82) is 0 Å². The quantitative estimate of drug-likeness (QED) is 0.228. The van der Waals surface area contributed by atoms with Crippen LogP contribution in [0.15, 0.2) is 44.4 Å². The number of amides is 1. The highest BCUT2D eigenvalue weighted by atomic mass is 127. The average Bonchev–Trinajstić information content (AvgIpc) is 3.40. The number of nitrogens with one attached hydrogen (secondary N) is 1. The second-order valence-corrected chi connectivity index (χ2v) is 12.4. The third-order valence-corrected chi connectivity index (χ3v) is 8.66. The van der Waals surface area contributed by atoms with Gasteiger partial charge in [-0.05, 0) is 105 Å². The maximum Gasteiger partial charge on any atom is 0.255 e. The lowest BCUT2D eigenvalue weighted by Gasteiger charge is -2.33. The van der Waals surface area contributed by atoms with Crippen LogP contribution >= 0.6 is 49.9 Å². The van der Waals surface area contributed by atoms with E-state index in [4.69, 9.17) is 9.41 Å². The topological polar surface area (TPSA) is 74.8 Å². The van der Waals surface area contributed by atoms with Gasteiger partial charge in [0.25, 0.3) is 5.91 Å². The first-order valence-corrected chi connectivity index (χ1v) is 13.5. The Balaban J connectivity index is 1.67. The molecule has 0 spiro atoms. The van der Waals surface area contributed by atoms with Gasteiger partial charge in [-0.25, -0.2) is 4.99 Å². The number of furan rings is 1. The summed E-state index contributed by atoms with van der Waals surface area (Å²) in [5.41, 5.74) is 2.88. The smallest absolute Gasteiger partial charge is 0.255 e. The highest BCUT2D eigenvalue weighted by molar-refractivity contribution is 14.1. The molecule has 0 fully saturated rings. The molecular formula is C25H26BrIN2O3S. The second-order valence-electron chi connectivity index (χ2n) is 9.34. The highest BCUT2D eigenvalue weighted by Gasteiger charge is 2.33. The minimum atomic E-state index is -0.119. The summed E-state index contributed by atoms with van der Waals surface area (Å²) in [6.45, 7) is 7.21. The van der Waals surface area contributed by atoms with Gasteiger partial charge in [0.05, 0.1) is 26.4 Å². The summed E-state index contributed by atoms with van der Waals surface area (Å²) in [6.07, 6.45) is 6.29. The molecule has 1 aliphatic carbocycles. The first kappa shape index (κ1) is 24.5. The van der Waals surface area contributed by atoms with E-state index in [-0.39, 0.29) is 17.1 Å². The van der Waals surface area contributed by atoms with E-state index in [9.17, 15) is 9.90 Å². The minimum absolute atomic E-state index is 0.119. The number of phenols is 1. The number of halogens is 2. The van der Waals surface area contributed by atoms with Crippen molar-refractivity contribution in [2.45, 2.75) is 46.6 Å². The third kappa shape index (κ3) is 5.54. The van der Waals surface area contributed by atoms with E-state index in [1.807, 2.05) is 24.3 Å². The lowest BCUT2D eigenvalue weighted by atomic mass is 9.72. The lowest BCUT2D eigenvalue weighted by molar-refractivity contribution is 0.0947. The molecule has 0 saturated carbocycles. The number of hydrogen-bond acceptors (Lipinski definition) is 5. The van der Waals surface area contributed by atoms with Crippen LogP contribution in [0.2, 0.25) is 0 Å².